The van der Waals surface area contributed by atoms with Crippen molar-refractivity contribution in [3.05, 3.63) is 16.6 Å². The molecule has 0 N–H and O–H groups in total. The van der Waals surface area contributed by atoms with Crippen LogP contribution in [0.15, 0.2) is 11.7 Å². The molecule has 0 radical (unpaired) electrons. The standard InChI is InChI=1S/C9H14N2S.C2H6/c1-11-4-2-3-8(6-11)9-5-10-7-12-9;1-2/h5,7-8H,2-4,6H2,1H3;1-2H3. The Kier molecular flexibility index (Phi) is 5.12. The van der Waals surface area contributed by atoms with Crippen LogP contribution in [0, 0.1) is 0 Å². The second-order valence-electron chi connectivity index (χ2n) is 3.51. The monoisotopic (exact) mass is 212 g/mol. The van der Waals surface area contributed by atoms with Crippen molar-refractivity contribution in [2.24, 2.45) is 0 Å². The van der Waals surface area contributed by atoms with Crippen LogP contribution in [0.2, 0.25) is 0 Å². The maximum Gasteiger partial charge on any atom is 0.0794 e. The average molecular weight is 212 g/mol. The molecule has 1 atom stereocenters. The van der Waals surface area contributed by atoms with Crippen LogP contribution >= 0.6 is 11.3 Å². The molecule has 0 saturated carbocycles. The molecule has 1 aliphatic heterocycles. The van der Waals surface area contributed by atoms with Crippen LogP contribution in [0.25, 0.3) is 0 Å². The molecule has 1 saturated heterocycles. The third kappa shape index (κ3) is 3.07. The maximum absolute atomic E-state index is 4.12. The predicted octanol–water partition coefficient (Wildman–Crippen LogP) is 2.98. The van der Waals surface area contributed by atoms with Crippen molar-refractivity contribution in [2.75, 3.05) is 20.1 Å². The lowest BCUT2D eigenvalue weighted by molar-refractivity contribution is 0.252. The highest BCUT2D eigenvalue weighted by atomic mass is 32.1. The van der Waals surface area contributed by atoms with Crippen molar-refractivity contribution in [1.29, 1.82) is 0 Å². The molecule has 2 heterocycles. The van der Waals surface area contributed by atoms with Crippen LogP contribution in [-0.4, -0.2) is 30.0 Å². The number of aromatic nitrogens is 1. The Morgan fingerprint density at radius 2 is 2.29 bits per heavy atom. The van der Waals surface area contributed by atoms with E-state index in [1.165, 1.54) is 30.8 Å². The summed E-state index contributed by atoms with van der Waals surface area (Å²) in [6.45, 7) is 6.47. The molecule has 0 spiro atoms. The zero-order chi connectivity index (χ0) is 10.4. The first-order chi connectivity index (χ1) is 6.86. The average Bonchev–Trinajstić information content (AvgIpc) is 2.74. The van der Waals surface area contributed by atoms with Gasteiger partial charge in [-0.05, 0) is 26.4 Å². The van der Waals surface area contributed by atoms with E-state index in [-0.39, 0.29) is 0 Å². The summed E-state index contributed by atoms with van der Waals surface area (Å²) in [6, 6.07) is 0. The summed E-state index contributed by atoms with van der Waals surface area (Å²) < 4.78 is 0. The van der Waals surface area contributed by atoms with Crippen LogP contribution < -0.4 is 0 Å². The van der Waals surface area contributed by atoms with Gasteiger partial charge in [0, 0.05) is 23.5 Å². The van der Waals surface area contributed by atoms with E-state index in [1.54, 1.807) is 11.3 Å². The van der Waals surface area contributed by atoms with Crippen molar-refractivity contribution in [1.82, 2.24) is 9.88 Å². The SMILES string of the molecule is CC.CN1CCCC(c2cncs2)C1. The van der Waals surface area contributed by atoms with E-state index in [0.717, 1.165) is 5.92 Å². The van der Waals surface area contributed by atoms with Gasteiger partial charge in [-0.3, -0.25) is 4.98 Å². The molecule has 1 fully saturated rings. The van der Waals surface area contributed by atoms with Crippen molar-refractivity contribution in [3.8, 4) is 0 Å². The first kappa shape index (κ1) is 11.7. The van der Waals surface area contributed by atoms with Crippen molar-refractivity contribution < 1.29 is 0 Å². The fraction of sp³-hybridized carbons (Fsp3) is 0.727. The molecule has 1 aromatic heterocycles. The molecule has 3 heteroatoms. The van der Waals surface area contributed by atoms with Gasteiger partial charge in [0.15, 0.2) is 0 Å². The number of likely N-dealkylation sites (tertiary alicyclic amines) is 1. The van der Waals surface area contributed by atoms with Gasteiger partial charge in [0.2, 0.25) is 0 Å². The smallest absolute Gasteiger partial charge is 0.0794 e. The molecule has 14 heavy (non-hydrogen) atoms. The topological polar surface area (TPSA) is 16.1 Å². The summed E-state index contributed by atoms with van der Waals surface area (Å²) in [6.07, 6.45) is 4.69. The predicted molar refractivity (Wildman–Crippen MR) is 62.9 cm³/mol. The van der Waals surface area contributed by atoms with E-state index >= 15 is 0 Å². The van der Waals surface area contributed by atoms with Gasteiger partial charge in [-0.1, -0.05) is 13.8 Å². The van der Waals surface area contributed by atoms with Gasteiger partial charge in [0.1, 0.15) is 0 Å². The lowest BCUT2D eigenvalue weighted by atomic mass is 9.97. The molecule has 0 bridgehead atoms. The number of hydrogen-bond donors (Lipinski definition) is 0. The van der Waals surface area contributed by atoms with E-state index < -0.39 is 0 Å². The van der Waals surface area contributed by atoms with Crippen LogP contribution in [-0.2, 0) is 0 Å². The van der Waals surface area contributed by atoms with E-state index in [4.69, 9.17) is 0 Å². The van der Waals surface area contributed by atoms with Gasteiger partial charge < -0.3 is 4.90 Å². The van der Waals surface area contributed by atoms with Gasteiger partial charge in [-0.2, -0.15) is 0 Å². The fourth-order valence-electron chi connectivity index (χ4n) is 1.83. The zero-order valence-corrected chi connectivity index (χ0v) is 10.2. The Morgan fingerprint density at radius 3 is 2.86 bits per heavy atom. The highest BCUT2D eigenvalue weighted by Crippen LogP contribution is 2.28. The first-order valence-corrected chi connectivity index (χ1v) is 6.31. The molecule has 0 aromatic carbocycles. The number of nitrogens with zero attached hydrogens (tertiary/aromatic N) is 2. The lowest BCUT2D eigenvalue weighted by Crippen LogP contribution is -2.30. The minimum Gasteiger partial charge on any atom is -0.306 e. The molecule has 0 amide bonds. The summed E-state index contributed by atoms with van der Waals surface area (Å²) in [7, 11) is 2.20. The van der Waals surface area contributed by atoms with Crippen LogP contribution in [0.1, 0.15) is 37.5 Å². The molecule has 80 valence electrons. The van der Waals surface area contributed by atoms with Crippen LogP contribution in [0.4, 0.5) is 0 Å². The van der Waals surface area contributed by atoms with Gasteiger partial charge in [-0.25, -0.2) is 0 Å². The lowest BCUT2D eigenvalue weighted by Gasteiger charge is -2.28. The zero-order valence-electron chi connectivity index (χ0n) is 9.36. The fourth-order valence-corrected chi connectivity index (χ4v) is 2.58. The maximum atomic E-state index is 4.12. The van der Waals surface area contributed by atoms with Crippen LogP contribution in [0.5, 0.6) is 0 Å². The largest absolute Gasteiger partial charge is 0.306 e. The van der Waals surface area contributed by atoms with Gasteiger partial charge in [0.25, 0.3) is 0 Å². The Morgan fingerprint density at radius 1 is 1.50 bits per heavy atom. The molecule has 1 aliphatic rings. The number of rotatable bonds is 1. The second kappa shape index (κ2) is 6.14. The van der Waals surface area contributed by atoms with E-state index in [1.807, 2.05) is 25.6 Å². The Balaban J connectivity index is 0.000000461. The van der Waals surface area contributed by atoms with Gasteiger partial charge >= 0.3 is 0 Å². The minimum atomic E-state index is 0.747. The third-order valence-corrected chi connectivity index (χ3v) is 3.42. The van der Waals surface area contributed by atoms with Crippen molar-refractivity contribution in [2.45, 2.75) is 32.6 Å². The summed E-state index contributed by atoms with van der Waals surface area (Å²) in [5, 5.41) is 0. The van der Waals surface area contributed by atoms with Crippen molar-refractivity contribution >= 4 is 11.3 Å². The van der Waals surface area contributed by atoms with Crippen molar-refractivity contribution in [3.63, 3.8) is 0 Å². The Labute approximate surface area is 91.0 Å². The summed E-state index contributed by atoms with van der Waals surface area (Å²) in [4.78, 5) is 7.99. The van der Waals surface area contributed by atoms with Gasteiger partial charge in [0.05, 0.1) is 5.51 Å². The third-order valence-electron chi connectivity index (χ3n) is 2.48. The van der Waals surface area contributed by atoms with E-state index in [0.29, 0.717) is 0 Å². The molecule has 1 unspecified atom stereocenters. The molecule has 2 nitrogen and oxygen atoms in total. The highest BCUT2D eigenvalue weighted by Gasteiger charge is 2.19. The van der Waals surface area contributed by atoms with E-state index in [9.17, 15) is 0 Å². The summed E-state index contributed by atoms with van der Waals surface area (Å²) >= 11 is 1.79. The Hall–Kier alpha value is -0.410. The quantitative estimate of drug-likeness (QED) is 0.711. The minimum absolute atomic E-state index is 0.747. The number of thiazole rings is 1. The molecule has 0 aliphatic carbocycles. The summed E-state index contributed by atoms with van der Waals surface area (Å²) in [5.41, 5.74) is 1.93. The summed E-state index contributed by atoms with van der Waals surface area (Å²) in [5.74, 6) is 0.747. The normalized spacial score (nSPS) is 22.6. The first-order valence-electron chi connectivity index (χ1n) is 5.43. The molecular weight excluding hydrogens is 192 g/mol. The molecule has 2 rings (SSSR count). The number of hydrogen-bond acceptors (Lipinski definition) is 3. The second-order valence-corrected chi connectivity index (χ2v) is 4.42. The number of likely N-dealkylation sites (N-methyl/N-ethyl adjacent to an activating group) is 1. The molecular formula is C11H20N2S. The highest BCUT2D eigenvalue weighted by molar-refractivity contribution is 7.09. The Bertz CT molecular complexity index is 233. The van der Waals surface area contributed by atoms with Gasteiger partial charge in [-0.15, -0.1) is 11.3 Å². The van der Waals surface area contributed by atoms with E-state index in [2.05, 4.69) is 16.9 Å². The molecule has 1 aromatic rings. The van der Waals surface area contributed by atoms with Crippen LogP contribution in [0.3, 0.4) is 0 Å². The number of piperidine rings is 1.